The van der Waals surface area contributed by atoms with Gasteiger partial charge in [0, 0.05) is 6.61 Å². The lowest BCUT2D eigenvalue weighted by atomic mass is 10.1. The highest BCUT2D eigenvalue weighted by atomic mass is 16.6. The van der Waals surface area contributed by atoms with Crippen LogP contribution in [0.5, 0.6) is 0 Å². The molecule has 0 N–H and O–H groups in total. The highest BCUT2D eigenvalue weighted by molar-refractivity contribution is 4.83. The highest BCUT2D eigenvalue weighted by Crippen LogP contribution is 2.17. The van der Waals surface area contributed by atoms with Gasteiger partial charge in [0.05, 0.1) is 65.6 Å². The number of hydrogen-bond donors (Lipinski definition) is 0. The van der Waals surface area contributed by atoms with Crippen molar-refractivity contribution in [3.63, 3.8) is 0 Å². The van der Waals surface area contributed by atoms with Gasteiger partial charge in [-0.1, -0.05) is 12.2 Å². The smallest absolute Gasteiger partial charge is 0.107 e. The van der Waals surface area contributed by atoms with Crippen molar-refractivity contribution in [3.8, 4) is 0 Å². The first-order chi connectivity index (χ1) is 11.0. The third-order valence-corrected chi connectivity index (χ3v) is 3.56. The predicted molar refractivity (Wildman–Crippen MR) is 81.1 cm³/mol. The Morgan fingerprint density at radius 2 is 1.27 bits per heavy atom. The van der Waals surface area contributed by atoms with E-state index in [1.54, 1.807) is 0 Å². The fraction of sp³-hybridized carbons (Fsp3) is 0.875. The number of rotatable bonds is 0. The Bertz CT molecular complexity index is 296. The van der Waals surface area contributed by atoms with Gasteiger partial charge in [0.15, 0.2) is 0 Å². The molecule has 0 unspecified atom stereocenters. The Kier molecular flexibility index (Phi) is 9.73. The lowest BCUT2D eigenvalue weighted by molar-refractivity contribution is -0.129. The molecule has 0 aromatic rings. The van der Waals surface area contributed by atoms with Crippen LogP contribution >= 0.6 is 0 Å². The molecule has 6 nitrogen and oxygen atoms in total. The summed E-state index contributed by atoms with van der Waals surface area (Å²) < 4.78 is 33.6. The zero-order valence-electron chi connectivity index (χ0n) is 13.2. The second-order valence-corrected chi connectivity index (χ2v) is 5.27. The van der Waals surface area contributed by atoms with Gasteiger partial charge in [-0.15, -0.1) is 0 Å². The van der Waals surface area contributed by atoms with Crippen molar-refractivity contribution in [2.45, 2.75) is 25.0 Å². The van der Waals surface area contributed by atoms with Crippen LogP contribution in [0.2, 0.25) is 0 Å². The molecule has 128 valence electrons. The van der Waals surface area contributed by atoms with E-state index in [9.17, 15) is 0 Å². The molecule has 0 saturated carbocycles. The molecule has 0 amide bonds. The minimum atomic E-state index is 0.0145. The van der Waals surface area contributed by atoms with Crippen molar-refractivity contribution in [1.82, 2.24) is 0 Å². The number of ether oxygens (including phenoxy) is 6. The molecule has 2 rings (SSSR count). The zero-order chi connectivity index (χ0) is 15.3. The van der Waals surface area contributed by atoms with Crippen LogP contribution in [-0.4, -0.2) is 78.3 Å². The number of hydrogen-bond acceptors (Lipinski definition) is 6. The average molecular weight is 316 g/mol. The molecule has 0 spiro atoms. The Labute approximate surface area is 132 Å². The monoisotopic (exact) mass is 316 g/mol. The molecule has 0 aliphatic carbocycles. The van der Waals surface area contributed by atoms with Crippen molar-refractivity contribution in [2.75, 3.05) is 66.1 Å². The molecule has 0 bridgehead atoms. The van der Waals surface area contributed by atoms with Crippen LogP contribution < -0.4 is 0 Å². The van der Waals surface area contributed by atoms with Gasteiger partial charge < -0.3 is 28.4 Å². The summed E-state index contributed by atoms with van der Waals surface area (Å²) in [6, 6.07) is 0. The van der Waals surface area contributed by atoms with E-state index in [0.29, 0.717) is 59.5 Å². The molecule has 22 heavy (non-hydrogen) atoms. The molecule has 0 aromatic carbocycles. The van der Waals surface area contributed by atoms with Gasteiger partial charge in [0.1, 0.15) is 6.10 Å². The first kappa shape index (κ1) is 17.8. The summed E-state index contributed by atoms with van der Waals surface area (Å²) in [7, 11) is 0. The fourth-order valence-electron chi connectivity index (χ4n) is 2.38. The van der Waals surface area contributed by atoms with Crippen molar-refractivity contribution >= 4 is 0 Å². The second-order valence-electron chi connectivity index (χ2n) is 5.27. The first-order valence-electron chi connectivity index (χ1n) is 8.16. The maximum atomic E-state index is 5.89. The summed E-state index contributed by atoms with van der Waals surface area (Å²) in [5, 5.41) is 0. The number of fused-ring (bicyclic) bond motifs is 1. The Morgan fingerprint density at radius 3 is 2.09 bits per heavy atom. The lowest BCUT2D eigenvalue weighted by Gasteiger charge is -2.31. The van der Waals surface area contributed by atoms with Crippen molar-refractivity contribution in [1.29, 1.82) is 0 Å². The topological polar surface area (TPSA) is 55.4 Å². The van der Waals surface area contributed by atoms with E-state index in [1.165, 1.54) is 0 Å². The van der Waals surface area contributed by atoms with E-state index in [4.69, 9.17) is 28.4 Å². The van der Waals surface area contributed by atoms with Crippen LogP contribution in [0, 0.1) is 0 Å². The second kappa shape index (κ2) is 12.0. The van der Waals surface area contributed by atoms with E-state index in [2.05, 4.69) is 0 Å². The molecule has 2 atom stereocenters. The normalized spacial score (nSPS) is 32.4. The van der Waals surface area contributed by atoms with Gasteiger partial charge in [0.25, 0.3) is 0 Å². The quantitative estimate of drug-likeness (QED) is 0.626. The van der Waals surface area contributed by atoms with E-state index in [1.807, 2.05) is 12.2 Å². The van der Waals surface area contributed by atoms with Crippen LogP contribution in [0.25, 0.3) is 0 Å². The predicted octanol–water partition coefficient (Wildman–Crippen LogP) is 1.19. The molecule has 0 radical (unpaired) electrons. The Balaban J connectivity index is 1.74. The molecule has 1 saturated heterocycles. The molecule has 1 fully saturated rings. The minimum absolute atomic E-state index is 0.0145. The van der Waals surface area contributed by atoms with Crippen LogP contribution in [0.15, 0.2) is 12.2 Å². The maximum absolute atomic E-state index is 5.89. The standard InChI is InChI=1S/C16H28O6/c1-2-6-21-15-4-3-7-22-16(15)14-20-13-12-19-11-10-18-9-8-17-5-1/h1-2,15-16H,3-14H2/b2-1+/t15-,16+/m0/s1. The van der Waals surface area contributed by atoms with E-state index in [-0.39, 0.29) is 12.2 Å². The lowest BCUT2D eigenvalue weighted by Crippen LogP contribution is -2.40. The summed E-state index contributed by atoms with van der Waals surface area (Å²) in [6.45, 7) is 5.97. The third kappa shape index (κ3) is 7.67. The summed E-state index contributed by atoms with van der Waals surface area (Å²) in [5.74, 6) is 0. The van der Waals surface area contributed by atoms with Crippen molar-refractivity contribution in [3.05, 3.63) is 12.2 Å². The first-order valence-corrected chi connectivity index (χ1v) is 8.16. The SMILES string of the molecule is C1=C/CO[C@H]2CCCO[C@@H]2COCCOCCOCCOC/1. The van der Waals surface area contributed by atoms with E-state index in [0.717, 1.165) is 19.4 Å². The summed E-state index contributed by atoms with van der Waals surface area (Å²) in [5.41, 5.74) is 0. The molecular weight excluding hydrogens is 288 g/mol. The van der Waals surface area contributed by atoms with Gasteiger partial charge in [-0.05, 0) is 12.8 Å². The largest absolute Gasteiger partial charge is 0.377 e. The van der Waals surface area contributed by atoms with Gasteiger partial charge in [0.2, 0.25) is 0 Å². The molecule has 2 heterocycles. The molecule has 2 aliphatic heterocycles. The fourth-order valence-corrected chi connectivity index (χ4v) is 2.38. The molecule has 2 aliphatic rings. The minimum Gasteiger partial charge on any atom is -0.377 e. The highest BCUT2D eigenvalue weighted by Gasteiger charge is 2.26. The molecule has 0 aromatic heterocycles. The third-order valence-electron chi connectivity index (χ3n) is 3.56. The summed E-state index contributed by atoms with van der Waals surface area (Å²) >= 11 is 0. The zero-order valence-corrected chi connectivity index (χ0v) is 13.2. The van der Waals surface area contributed by atoms with E-state index < -0.39 is 0 Å². The summed E-state index contributed by atoms with van der Waals surface area (Å²) in [4.78, 5) is 0. The Morgan fingerprint density at radius 1 is 0.591 bits per heavy atom. The summed E-state index contributed by atoms with van der Waals surface area (Å²) in [6.07, 6.45) is 6.14. The van der Waals surface area contributed by atoms with Crippen LogP contribution in [0.3, 0.4) is 0 Å². The van der Waals surface area contributed by atoms with E-state index >= 15 is 0 Å². The van der Waals surface area contributed by atoms with Crippen LogP contribution in [-0.2, 0) is 28.4 Å². The maximum Gasteiger partial charge on any atom is 0.107 e. The van der Waals surface area contributed by atoms with Gasteiger partial charge in [-0.2, -0.15) is 0 Å². The van der Waals surface area contributed by atoms with Crippen LogP contribution in [0.4, 0.5) is 0 Å². The Hall–Kier alpha value is -0.500. The molecular formula is C16H28O6. The van der Waals surface area contributed by atoms with Gasteiger partial charge >= 0.3 is 0 Å². The van der Waals surface area contributed by atoms with Crippen molar-refractivity contribution in [2.24, 2.45) is 0 Å². The van der Waals surface area contributed by atoms with Crippen LogP contribution in [0.1, 0.15) is 12.8 Å². The molecule has 6 heteroatoms. The van der Waals surface area contributed by atoms with Gasteiger partial charge in [-0.25, -0.2) is 0 Å². The van der Waals surface area contributed by atoms with Gasteiger partial charge in [-0.3, -0.25) is 0 Å². The van der Waals surface area contributed by atoms with Crippen molar-refractivity contribution < 1.29 is 28.4 Å². The average Bonchev–Trinajstić information content (AvgIpc) is 2.55.